The molecule has 0 aliphatic carbocycles. The first-order valence-corrected chi connectivity index (χ1v) is 7.03. The second kappa shape index (κ2) is 6.15. The Kier molecular flexibility index (Phi) is 4.50. The summed E-state index contributed by atoms with van der Waals surface area (Å²) in [5.41, 5.74) is 1.60. The van der Waals surface area contributed by atoms with Gasteiger partial charge in [-0.15, -0.1) is 0 Å². The molecule has 21 heavy (non-hydrogen) atoms. The van der Waals surface area contributed by atoms with Crippen molar-refractivity contribution < 1.29 is 19.4 Å². The van der Waals surface area contributed by atoms with Crippen LogP contribution in [0, 0.1) is 19.8 Å². The van der Waals surface area contributed by atoms with Crippen molar-refractivity contribution in [3.05, 3.63) is 11.4 Å². The van der Waals surface area contributed by atoms with Crippen molar-refractivity contribution in [2.45, 2.75) is 26.7 Å². The molecule has 1 aromatic rings. The fourth-order valence-electron chi connectivity index (χ4n) is 2.59. The van der Waals surface area contributed by atoms with E-state index in [1.54, 1.807) is 9.58 Å². The number of rotatable bonds is 4. The Bertz CT molecular complexity index is 553. The van der Waals surface area contributed by atoms with Gasteiger partial charge in [0.2, 0.25) is 0 Å². The van der Waals surface area contributed by atoms with Crippen molar-refractivity contribution in [1.29, 1.82) is 0 Å². The molecule has 1 aromatic heterocycles. The maximum absolute atomic E-state index is 12.1. The van der Waals surface area contributed by atoms with E-state index < -0.39 is 11.9 Å². The lowest BCUT2D eigenvalue weighted by Crippen LogP contribution is -2.44. The molecule has 0 radical (unpaired) electrons. The zero-order chi connectivity index (χ0) is 15.6. The third kappa shape index (κ3) is 3.34. The number of ether oxygens (including phenoxy) is 1. The van der Waals surface area contributed by atoms with Crippen LogP contribution in [0.15, 0.2) is 0 Å². The molecular formula is C14H21N3O4. The molecule has 1 aliphatic rings. The Morgan fingerprint density at radius 3 is 2.71 bits per heavy atom. The lowest BCUT2D eigenvalue weighted by Gasteiger charge is -2.30. The SMILES string of the molecule is Cc1nn(C)c(C)c1OCC(=O)N1CCC[C@@H](C(=O)O)C1. The number of nitrogens with zero attached hydrogens (tertiary/aromatic N) is 3. The molecule has 0 aromatic carbocycles. The Morgan fingerprint density at radius 1 is 1.43 bits per heavy atom. The minimum Gasteiger partial charge on any atom is -0.481 e. The van der Waals surface area contributed by atoms with E-state index in [1.807, 2.05) is 20.9 Å². The van der Waals surface area contributed by atoms with E-state index in [4.69, 9.17) is 9.84 Å². The first-order chi connectivity index (χ1) is 9.90. The van der Waals surface area contributed by atoms with Crippen LogP contribution in [0.4, 0.5) is 0 Å². The third-order valence-electron chi connectivity index (χ3n) is 3.91. The van der Waals surface area contributed by atoms with Crippen LogP contribution in [-0.4, -0.2) is 51.4 Å². The van der Waals surface area contributed by atoms with Crippen molar-refractivity contribution in [2.75, 3.05) is 19.7 Å². The highest BCUT2D eigenvalue weighted by Gasteiger charge is 2.28. The topological polar surface area (TPSA) is 84.7 Å². The maximum Gasteiger partial charge on any atom is 0.308 e. The van der Waals surface area contributed by atoms with Crippen molar-refractivity contribution in [1.82, 2.24) is 14.7 Å². The van der Waals surface area contributed by atoms with Gasteiger partial charge in [0.1, 0.15) is 5.69 Å². The minimum atomic E-state index is -0.840. The summed E-state index contributed by atoms with van der Waals surface area (Å²) in [5.74, 6) is -0.863. The predicted molar refractivity (Wildman–Crippen MR) is 75.1 cm³/mol. The number of piperidine rings is 1. The standard InChI is InChI=1S/C14H21N3O4/c1-9-13(10(2)16(3)15-9)21-8-12(18)17-6-4-5-11(7-17)14(19)20/h11H,4-8H2,1-3H3,(H,19,20)/t11-/m1/s1. The number of hydrogen-bond donors (Lipinski definition) is 1. The van der Waals surface area contributed by atoms with Gasteiger partial charge in [0.05, 0.1) is 11.6 Å². The van der Waals surface area contributed by atoms with Crippen molar-refractivity contribution >= 4 is 11.9 Å². The second-order valence-corrected chi connectivity index (χ2v) is 5.43. The summed E-state index contributed by atoms with van der Waals surface area (Å²) in [5, 5.41) is 13.3. The molecule has 1 saturated heterocycles. The molecule has 7 nitrogen and oxygen atoms in total. The number of amides is 1. The van der Waals surface area contributed by atoms with Crippen LogP contribution >= 0.6 is 0 Å². The van der Waals surface area contributed by atoms with Crippen molar-refractivity contribution in [2.24, 2.45) is 13.0 Å². The number of aryl methyl sites for hydroxylation is 2. The van der Waals surface area contributed by atoms with Gasteiger partial charge in [0, 0.05) is 20.1 Å². The van der Waals surface area contributed by atoms with Crippen LogP contribution in [0.25, 0.3) is 0 Å². The normalized spacial score (nSPS) is 18.6. The van der Waals surface area contributed by atoms with Gasteiger partial charge in [-0.1, -0.05) is 0 Å². The van der Waals surface area contributed by atoms with E-state index in [-0.39, 0.29) is 19.1 Å². The lowest BCUT2D eigenvalue weighted by atomic mass is 9.98. The van der Waals surface area contributed by atoms with E-state index >= 15 is 0 Å². The molecule has 1 fully saturated rings. The molecule has 0 spiro atoms. The number of carboxylic acids is 1. The summed E-state index contributed by atoms with van der Waals surface area (Å²) < 4.78 is 7.28. The lowest BCUT2D eigenvalue weighted by molar-refractivity contribution is -0.146. The molecule has 116 valence electrons. The molecule has 0 bridgehead atoms. The van der Waals surface area contributed by atoms with Gasteiger partial charge in [-0.2, -0.15) is 5.10 Å². The molecule has 7 heteroatoms. The smallest absolute Gasteiger partial charge is 0.308 e. The van der Waals surface area contributed by atoms with Crippen LogP contribution in [0.5, 0.6) is 5.75 Å². The number of hydrogen-bond acceptors (Lipinski definition) is 4. The minimum absolute atomic E-state index is 0.0836. The summed E-state index contributed by atoms with van der Waals surface area (Å²) in [7, 11) is 1.82. The van der Waals surface area contributed by atoms with E-state index in [2.05, 4.69) is 5.10 Å². The van der Waals surface area contributed by atoms with Gasteiger partial charge in [0.15, 0.2) is 12.4 Å². The number of carboxylic acid groups (broad SMARTS) is 1. The third-order valence-corrected chi connectivity index (χ3v) is 3.91. The van der Waals surface area contributed by atoms with Gasteiger partial charge in [-0.3, -0.25) is 14.3 Å². The maximum atomic E-state index is 12.1. The van der Waals surface area contributed by atoms with Gasteiger partial charge in [-0.05, 0) is 26.7 Å². The first-order valence-electron chi connectivity index (χ1n) is 7.03. The predicted octanol–water partition coefficient (Wildman–Crippen LogP) is 0.739. The summed E-state index contributed by atoms with van der Waals surface area (Å²) in [6.45, 7) is 4.48. The van der Waals surface area contributed by atoms with E-state index in [0.29, 0.717) is 25.1 Å². The molecule has 0 unspecified atom stereocenters. The fraction of sp³-hybridized carbons (Fsp3) is 0.643. The van der Waals surface area contributed by atoms with E-state index in [0.717, 1.165) is 11.4 Å². The number of carbonyl (C=O) groups is 2. The van der Waals surface area contributed by atoms with E-state index in [9.17, 15) is 9.59 Å². The molecule has 0 saturated carbocycles. The molecule has 1 N–H and O–H groups in total. The number of likely N-dealkylation sites (tertiary alicyclic amines) is 1. The van der Waals surface area contributed by atoms with Gasteiger partial charge in [-0.25, -0.2) is 0 Å². The summed E-state index contributed by atoms with van der Waals surface area (Å²) >= 11 is 0. The first kappa shape index (κ1) is 15.3. The van der Waals surface area contributed by atoms with E-state index in [1.165, 1.54) is 0 Å². The number of aliphatic carboxylic acids is 1. The van der Waals surface area contributed by atoms with Gasteiger partial charge >= 0.3 is 5.97 Å². The zero-order valence-corrected chi connectivity index (χ0v) is 12.6. The highest BCUT2D eigenvalue weighted by atomic mass is 16.5. The summed E-state index contributed by atoms with van der Waals surface area (Å²) in [6, 6.07) is 0. The molecule has 1 atom stereocenters. The van der Waals surface area contributed by atoms with Crippen molar-refractivity contribution in [3.8, 4) is 5.75 Å². The Labute approximate surface area is 123 Å². The Morgan fingerprint density at radius 2 is 2.14 bits per heavy atom. The molecule has 1 amide bonds. The average Bonchev–Trinajstić information content (AvgIpc) is 2.70. The van der Waals surface area contributed by atoms with Crippen molar-refractivity contribution in [3.63, 3.8) is 0 Å². The number of carbonyl (C=O) groups excluding carboxylic acids is 1. The molecule has 2 heterocycles. The Balaban J connectivity index is 1.94. The summed E-state index contributed by atoms with van der Waals surface area (Å²) in [4.78, 5) is 24.7. The zero-order valence-electron chi connectivity index (χ0n) is 12.6. The average molecular weight is 295 g/mol. The van der Waals surface area contributed by atoms with Crippen LogP contribution in [-0.2, 0) is 16.6 Å². The largest absolute Gasteiger partial charge is 0.481 e. The van der Waals surface area contributed by atoms with Crippen LogP contribution in [0.3, 0.4) is 0 Å². The van der Waals surface area contributed by atoms with Crippen LogP contribution in [0.2, 0.25) is 0 Å². The van der Waals surface area contributed by atoms with Gasteiger partial charge in [0.25, 0.3) is 5.91 Å². The second-order valence-electron chi connectivity index (χ2n) is 5.43. The highest BCUT2D eigenvalue weighted by Crippen LogP contribution is 2.22. The summed E-state index contributed by atoms with van der Waals surface area (Å²) in [6.07, 6.45) is 1.34. The van der Waals surface area contributed by atoms with Crippen LogP contribution in [0.1, 0.15) is 24.2 Å². The monoisotopic (exact) mass is 295 g/mol. The molecular weight excluding hydrogens is 274 g/mol. The molecule has 1 aliphatic heterocycles. The Hall–Kier alpha value is -2.05. The molecule has 2 rings (SSSR count). The quantitative estimate of drug-likeness (QED) is 0.885. The van der Waals surface area contributed by atoms with Gasteiger partial charge < -0.3 is 14.7 Å². The van der Waals surface area contributed by atoms with Crippen LogP contribution < -0.4 is 4.74 Å². The fourth-order valence-corrected chi connectivity index (χ4v) is 2.59. The number of aromatic nitrogens is 2. The highest BCUT2D eigenvalue weighted by molar-refractivity contribution is 5.79.